The molecule has 0 saturated carbocycles. The van der Waals surface area contributed by atoms with E-state index in [1.54, 1.807) is 6.20 Å². The van der Waals surface area contributed by atoms with Gasteiger partial charge in [0.2, 0.25) is 0 Å². The number of pyridine rings is 1. The van der Waals surface area contributed by atoms with Crippen molar-refractivity contribution in [3.63, 3.8) is 0 Å². The first-order chi connectivity index (χ1) is 11.1. The van der Waals surface area contributed by atoms with Crippen molar-refractivity contribution < 1.29 is 0 Å². The summed E-state index contributed by atoms with van der Waals surface area (Å²) in [6.07, 6.45) is 4.82. The van der Waals surface area contributed by atoms with Crippen molar-refractivity contribution in [2.24, 2.45) is 0 Å². The van der Waals surface area contributed by atoms with Crippen LogP contribution in [0.25, 0.3) is 5.69 Å². The molecule has 0 amide bonds. The molecule has 0 N–H and O–H groups in total. The summed E-state index contributed by atoms with van der Waals surface area (Å²) >= 11 is 2.42. The first kappa shape index (κ1) is 14.7. The van der Waals surface area contributed by atoms with E-state index < -0.39 is 0 Å². The van der Waals surface area contributed by atoms with Crippen molar-refractivity contribution >= 4 is 34.1 Å². The van der Waals surface area contributed by atoms with Gasteiger partial charge in [0.15, 0.2) is 0 Å². The lowest BCUT2D eigenvalue weighted by Gasteiger charge is -2.22. The number of aromatic nitrogens is 3. The summed E-state index contributed by atoms with van der Waals surface area (Å²) in [6, 6.07) is 10.6. The van der Waals surface area contributed by atoms with E-state index in [1.165, 1.54) is 20.4 Å². The Hall–Kier alpha value is -1.89. The number of hydrogen-bond donors (Lipinski definition) is 0. The Kier molecular flexibility index (Phi) is 3.60. The monoisotopic (exact) mass is 416 g/mol. The Bertz CT molecular complexity index is 871. The lowest BCUT2D eigenvalue weighted by atomic mass is 10.1. The predicted octanol–water partition coefficient (Wildman–Crippen LogP) is 4.18. The number of hydrogen-bond acceptors (Lipinski definition) is 3. The number of fused-ring (bicyclic) bond motifs is 1. The van der Waals surface area contributed by atoms with Crippen LogP contribution in [0.1, 0.15) is 16.8 Å². The minimum atomic E-state index is 0.990. The molecule has 0 atom stereocenters. The molecule has 1 aliphatic heterocycles. The highest BCUT2D eigenvalue weighted by Gasteiger charge is 2.25. The molecule has 0 radical (unpaired) electrons. The normalized spacial score (nSPS) is 13.4. The Morgan fingerprint density at radius 3 is 2.78 bits per heavy atom. The molecule has 4 rings (SSSR count). The van der Waals surface area contributed by atoms with Crippen LogP contribution in [0.5, 0.6) is 0 Å². The van der Waals surface area contributed by atoms with E-state index in [9.17, 15) is 0 Å². The molecule has 0 saturated heterocycles. The van der Waals surface area contributed by atoms with Crippen LogP contribution < -0.4 is 4.90 Å². The van der Waals surface area contributed by atoms with Crippen LogP contribution in [0.15, 0.2) is 42.7 Å². The summed E-state index contributed by atoms with van der Waals surface area (Å²) in [7, 11) is 0. The van der Waals surface area contributed by atoms with Gasteiger partial charge in [-0.05, 0) is 78.8 Å². The fourth-order valence-corrected chi connectivity index (χ4v) is 4.13. The maximum absolute atomic E-state index is 4.79. The van der Waals surface area contributed by atoms with Crippen molar-refractivity contribution in [3.8, 4) is 5.69 Å². The van der Waals surface area contributed by atoms with Crippen LogP contribution in [0, 0.1) is 17.4 Å². The zero-order chi connectivity index (χ0) is 16.0. The van der Waals surface area contributed by atoms with Gasteiger partial charge in [0.1, 0.15) is 5.82 Å². The summed E-state index contributed by atoms with van der Waals surface area (Å²) in [5.41, 5.74) is 6.00. The van der Waals surface area contributed by atoms with Crippen LogP contribution in [0.3, 0.4) is 0 Å². The summed E-state index contributed by atoms with van der Waals surface area (Å²) < 4.78 is 3.21. The molecule has 0 fully saturated rings. The Morgan fingerprint density at radius 2 is 2.04 bits per heavy atom. The second-order valence-electron chi connectivity index (χ2n) is 5.87. The lowest BCUT2D eigenvalue weighted by Crippen LogP contribution is -2.16. The van der Waals surface area contributed by atoms with E-state index in [0.717, 1.165) is 30.2 Å². The van der Waals surface area contributed by atoms with Gasteiger partial charge in [0.05, 0.1) is 5.69 Å². The van der Waals surface area contributed by atoms with Crippen LogP contribution in [0.2, 0.25) is 0 Å². The van der Waals surface area contributed by atoms with Crippen LogP contribution in [-0.4, -0.2) is 21.3 Å². The highest BCUT2D eigenvalue weighted by Crippen LogP contribution is 2.37. The van der Waals surface area contributed by atoms with E-state index in [-0.39, 0.29) is 0 Å². The van der Waals surface area contributed by atoms with E-state index in [1.807, 2.05) is 16.9 Å². The quantitative estimate of drug-likeness (QED) is 0.588. The van der Waals surface area contributed by atoms with Gasteiger partial charge in [-0.15, -0.1) is 0 Å². The summed E-state index contributed by atoms with van der Waals surface area (Å²) in [4.78, 5) is 7.13. The fraction of sp³-hybridized carbons (Fsp3) is 0.222. The van der Waals surface area contributed by atoms with E-state index >= 15 is 0 Å². The molecule has 0 unspecified atom stereocenters. The zero-order valence-electron chi connectivity index (χ0n) is 13.1. The SMILES string of the molecule is Cc1cc(I)c2c(n1)N(c1ccc(-n3cccn3)cc1C)CC2. The fourth-order valence-electron chi connectivity index (χ4n) is 3.17. The van der Waals surface area contributed by atoms with Gasteiger partial charge in [0.25, 0.3) is 0 Å². The van der Waals surface area contributed by atoms with Crippen molar-refractivity contribution in [2.45, 2.75) is 20.3 Å². The molecule has 3 aromatic rings. The molecule has 5 heteroatoms. The lowest BCUT2D eigenvalue weighted by molar-refractivity contribution is 0.878. The first-order valence-corrected chi connectivity index (χ1v) is 8.75. The molecule has 1 aliphatic rings. The summed E-state index contributed by atoms with van der Waals surface area (Å²) in [5, 5.41) is 4.30. The topological polar surface area (TPSA) is 34.0 Å². The molecule has 0 spiro atoms. The molecule has 0 aliphatic carbocycles. The van der Waals surface area contributed by atoms with Crippen molar-refractivity contribution in [1.29, 1.82) is 0 Å². The maximum Gasteiger partial charge on any atom is 0.137 e. The van der Waals surface area contributed by atoms with Crippen LogP contribution >= 0.6 is 22.6 Å². The molecule has 23 heavy (non-hydrogen) atoms. The second kappa shape index (κ2) is 5.63. The third-order valence-corrected chi connectivity index (χ3v) is 5.22. The second-order valence-corrected chi connectivity index (χ2v) is 7.03. The van der Waals surface area contributed by atoms with Crippen LogP contribution in [-0.2, 0) is 6.42 Å². The van der Waals surface area contributed by atoms with Gasteiger partial charge in [-0.25, -0.2) is 9.67 Å². The van der Waals surface area contributed by atoms with Gasteiger partial charge in [0, 0.05) is 39.5 Å². The number of benzene rings is 1. The van der Waals surface area contributed by atoms with E-state index in [0.29, 0.717) is 0 Å². The molecule has 4 nitrogen and oxygen atoms in total. The van der Waals surface area contributed by atoms with Gasteiger partial charge < -0.3 is 4.90 Å². The van der Waals surface area contributed by atoms with Crippen molar-refractivity contribution in [3.05, 3.63) is 63.1 Å². The third-order valence-electron chi connectivity index (χ3n) is 4.26. The Morgan fingerprint density at radius 1 is 1.17 bits per heavy atom. The Labute approximate surface area is 149 Å². The number of rotatable bonds is 2. The van der Waals surface area contributed by atoms with Gasteiger partial charge in [-0.1, -0.05) is 0 Å². The van der Waals surface area contributed by atoms with E-state index in [4.69, 9.17) is 4.98 Å². The van der Waals surface area contributed by atoms with Gasteiger partial charge in [-0.3, -0.25) is 0 Å². The minimum Gasteiger partial charge on any atom is -0.326 e. The van der Waals surface area contributed by atoms with E-state index in [2.05, 4.69) is 70.7 Å². The number of anilines is 2. The highest BCUT2D eigenvalue weighted by atomic mass is 127. The Balaban J connectivity index is 1.76. The average molecular weight is 416 g/mol. The first-order valence-electron chi connectivity index (χ1n) is 7.68. The summed E-state index contributed by atoms with van der Waals surface area (Å²) in [5.74, 6) is 1.12. The minimum absolute atomic E-state index is 0.990. The molecule has 3 heterocycles. The molecule has 0 bridgehead atoms. The predicted molar refractivity (Wildman–Crippen MR) is 101 cm³/mol. The molecule has 116 valence electrons. The zero-order valence-corrected chi connectivity index (χ0v) is 15.3. The summed E-state index contributed by atoms with van der Waals surface area (Å²) in [6.45, 7) is 5.21. The highest BCUT2D eigenvalue weighted by molar-refractivity contribution is 14.1. The molecule has 1 aromatic carbocycles. The standard InChI is InChI=1S/C18H17IN4/c1-12-10-14(23-8-3-7-20-23)4-5-17(12)22-9-6-15-16(19)11-13(2)21-18(15)22/h3-5,7-8,10-11H,6,9H2,1-2H3. The molecular weight excluding hydrogens is 399 g/mol. The van der Waals surface area contributed by atoms with Gasteiger partial charge in [-0.2, -0.15) is 5.10 Å². The number of nitrogens with zero attached hydrogens (tertiary/aromatic N) is 4. The van der Waals surface area contributed by atoms with Crippen molar-refractivity contribution in [2.75, 3.05) is 11.4 Å². The smallest absolute Gasteiger partial charge is 0.137 e. The average Bonchev–Trinajstić information content (AvgIpc) is 3.16. The van der Waals surface area contributed by atoms with Crippen molar-refractivity contribution in [1.82, 2.24) is 14.8 Å². The maximum atomic E-state index is 4.79. The molecule has 2 aromatic heterocycles. The van der Waals surface area contributed by atoms with Crippen LogP contribution in [0.4, 0.5) is 11.5 Å². The van der Waals surface area contributed by atoms with Gasteiger partial charge >= 0.3 is 0 Å². The number of aryl methyl sites for hydroxylation is 2. The largest absolute Gasteiger partial charge is 0.326 e. The number of halogens is 1. The molecular formula is C18H17IN4. The third kappa shape index (κ3) is 2.52.